The third kappa shape index (κ3) is 5.07. The molecule has 1 fully saturated rings. The van der Waals surface area contributed by atoms with Gasteiger partial charge in [-0.25, -0.2) is 0 Å². The summed E-state index contributed by atoms with van der Waals surface area (Å²) in [6, 6.07) is 8.72. The monoisotopic (exact) mass is 567 g/mol. The largest absolute Gasteiger partial charge is 0.493 e. The molecule has 0 bridgehead atoms. The maximum atomic E-state index is 14.3. The molecule has 0 spiro atoms. The van der Waals surface area contributed by atoms with Crippen molar-refractivity contribution < 1.29 is 33.3 Å². The Balaban J connectivity index is 1.68. The molecule has 1 saturated carbocycles. The summed E-state index contributed by atoms with van der Waals surface area (Å²) in [4.78, 5) is 41.5. The number of rotatable bonds is 9. The van der Waals surface area contributed by atoms with Gasteiger partial charge in [0, 0.05) is 17.8 Å². The molecule has 12 nitrogen and oxygen atoms in total. The number of methoxy groups -OCH3 is 2. The molecule has 13 heteroatoms. The van der Waals surface area contributed by atoms with E-state index in [2.05, 4.69) is 9.69 Å². The minimum absolute atomic E-state index is 0.0256. The number of ether oxygens (including phenoxy) is 4. The molecule has 3 aromatic rings. The second kappa shape index (κ2) is 11.3. The van der Waals surface area contributed by atoms with Crippen LogP contribution in [0.1, 0.15) is 57.4 Å². The number of nitrogens with two attached hydrogens (primary N) is 2. The number of amides is 3. The number of nitrogens with one attached hydrogen (secondary N) is 1. The number of hydrogen-bond donors (Lipinski definition) is 3. The van der Waals surface area contributed by atoms with Crippen molar-refractivity contribution in [1.82, 2.24) is 9.69 Å². The van der Waals surface area contributed by atoms with Crippen LogP contribution in [0.25, 0.3) is 0 Å². The Morgan fingerprint density at radius 3 is 2.45 bits per heavy atom. The van der Waals surface area contributed by atoms with Crippen LogP contribution < -0.4 is 40.6 Å². The van der Waals surface area contributed by atoms with E-state index < -0.39 is 23.8 Å². The predicted molar refractivity (Wildman–Crippen MR) is 147 cm³/mol. The Morgan fingerprint density at radius 2 is 1.77 bits per heavy atom. The van der Waals surface area contributed by atoms with Crippen LogP contribution in [0.5, 0.6) is 23.0 Å². The summed E-state index contributed by atoms with van der Waals surface area (Å²) in [5, 5.41) is 3.11. The van der Waals surface area contributed by atoms with Crippen molar-refractivity contribution in [3.05, 3.63) is 52.5 Å². The highest BCUT2D eigenvalue weighted by molar-refractivity contribution is 7.09. The lowest BCUT2D eigenvalue weighted by molar-refractivity contribution is -0.123. The fraction of sp³-hybridized carbons (Fsp3) is 0.333. The van der Waals surface area contributed by atoms with E-state index in [0.29, 0.717) is 34.2 Å². The molecule has 40 heavy (non-hydrogen) atoms. The quantitative estimate of drug-likeness (QED) is 0.352. The number of fused-ring (bicyclic) bond motifs is 1. The van der Waals surface area contributed by atoms with Crippen molar-refractivity contribution >= 4 is 40.6 Å². The molecular weight excluding hydrogens is 538 g/mol. The lowest BCUT2D eigenvalue weighted by Gasteiger charge is -2.32. The maximum Gasteiger partial charge on any atom is 0.273 e. The highest BCUT2D eigenvalue weighted by Gasteiger charge is 2.38. The highest BCUT2D eigenvalue weighted by Crippen LogP contribution is 2.41. The number of benzene rings is 2. The zero-order valence-corrected chi connectivity index (χ0v) is 22.8. The third-order valence-electron chi connectivity index (χ3n) is 6.94. The predicted octanol–water partition coefficient (Wildman–Crippen LogP) is 3.02. The van der Waals surface area contributed by atoms with Crippen LogP contribution in [0.15, 0.2) is 36.4 Å². The molecule has 3 amide bonds. The van der Waals surface area contributed by atoms with E-state index in [4.69, 9.17) is 30.4 Å². The van der Waals surface area contributed by atoms with E-state index in [1.54, 1.807) is 36.4 Å². The number of nitrogen functional groups attached to an aromatic ring is 1. The van der Waals surface area contributed by atoms with Crippen LogP contribution in [0.3, 0.4) is 0 Å². The van der Waals surface area contributed by atoms with Gasteiger partial charge in [0.25, 0.3) is 11.8 Å². The molecule has 1 unspecified atom stereocenters. The van der Waals surface area contributed by atoms with Gasteiger partial charge in [-0.05, 0) is 54.2 Å². The number of carbonyl (C=O) groups is 3. The molecule has 1 aliphatic heterocycles. The van der Waals surface area contributed by atoms with E-state index in [-0.39, 0.29) is 29.1 Å². The first-order chi connectivity index (χ1) is 19.3. The van der Waals surface area contributed by atoms with Gasteiger partial charge in [-0.1, -0.05) is 18.9 Å². The molecule has 5 rings (SSSR count). The zero-order chi connectivity index (χ0) is 28.4. The topological polar surface area (TPSA) is 168 Å². The van der Waals surface area contributed by atoms with E-state index in [9.17, 15) is 14.4 Å². The molecule has 0 saturated heterocycles. The number of primary amides is 1. The molecule has 210 valence electrons. The van der Waals surface area contributed by atoms with E-state index in [1.807, 2.05) is 0 Å². The Bertz CT molecular complexity index is 1450. The fourth-order valence-electron chi connectivity index (χ4n) is 4.95. The first kappa shape index (κ1) is 27.1. The minimum atomic E-state index is -1.17. The van der Waals surface area contributed by atoms with Gasteiger partial charge in [-0.3, -0.25) is 19.3 Å². The van der Waals surface area contributed by atoms with Crippen LogP contribution in [-0.2, 0) is 4.79 Å². The summed E-state index contributed by atoms with van der Waals surface area (Å²) in [5.74, 6) is -0.163. The average Bonchev–Trinajstić information content (AvgIpc) is 3.71. The SMILES string of the molecule is COc1ccc(C(C(=O)NC2CCCC2)N(C(=O)c2snc(C(N)=O)c2N)c2ccc3c(c2)OCO3)cc1OC. The maximum absolute atomic E-state index is 14.3. The number of nitrogens with zero attached hydrogens (tertiary/aromatic N) is 2. The van der Waals surface area contributed by atoms with Gasteiger partial charge in [-0.15, -0.1) is 0 Å². The minimum Gasteiger partial charge on any atom is -0.493 e. The van der Waals surface area contributed by atoms with Gasteiger partial charge in [0.15, 0.2) is 28.7 Å². The Morgan fingerprint density at radius 1 is 1.05 bits per heavy atom. The van der Waals surface area contributed by atoms with Crippen molar-refractivity contribution in [2.45, 2.75) is 37.8 Å². The second-order valence-electron chi connectivity index (χ2n) is 9.36. The van der Waals surface area contributed by atoms with Crippen LogP contribution in [0.4, 0.5) is 11.4 Å². The van der Waals surface area contributed by atoms with Gasteiger partial charge in [0.05, 0.1) is 19.9 Å². The van der Waals surface area contributed by atoms with Gasteiger partial charge in [0.2, 0.25) is 12.7 Å². The van der Waals surface area contributed by atoms with Gasteiger partial charge in [0.1, 0.15) is 10.9 Å². The zero-order valence-electron chi connectivity index (χ0n) is 22.0. The van der Waals surface area contributed by atoms with Gasteiger partial charge < -0.3 is 35.7 Å². The van der Waals surface area contributed by atoms with E-state index >= 15 is 0 Å². The smallest absolute Gasteiger partial charge is 0.273 e. The summed E-state index contributed by atoms with van der Waals surface area (Å²) in [7, 11) is 2.99. The molecule has 0 radical (unpaired) electrons. The molecular formula is C27H29N5O7S. The molecule has 2 aliphatic rings. The van der Waals surface area contributed by atoms with E-state index in [1.165, 1.54) is 19.1 Å². The fourth-order valence-corrected chi connectivity index (χ4v) is 5.69. The van der Waals surface area contributed by atoms with Crippen molar-refractivity contribution in [2.24, 2.45) is 5.73 Å². The summed E-state index contributed by atoms with van der Waals surface area (Å²) < 4.78 is 25.9. The second-order valence-corrected chi connectivity index (χ2v) is 10.1. The Labute approximate surface area is 234 Å². The van der Waals surface area contributed by atoms with E-state index in [0.717, 1.165) is 37.2 Å². The van der Waals surface area contributed by atoms with Crippen molar-refractivity contribution in [3.8, 4) is 23.0 Å². The number of anilines is 2. The molecule has 1 aliphatic carbocycles. The lowest BCUT2D eigenvalue weighted by Crippen LogP contribution is -2.46. The van der Waals surface area contributed by atoms with Crippen molar-refractivity contribution in [3.63, 3.8) is 0 Å². The van der Waals surface area contributed by atoms with Gasteiger partial charge in [-0.2, -0.15) is 4.37 Å². The Kier molecular flexibility index (Phi) is 7.65. The lowest BCUT2D eigenvalue weighted by atomic mass is 10.0. The first-order valence-corrected chi connectivity index (χ1v) is 13.4. The highest BCUT2D eigenvalue weighted by atomic mass is 32.1. The number of hydrogen-bond acceptors (Lipinski definition) is 10. The molecule has 2 aromatic carbocycles. The average molecular weight is 568 g/mol. The van der Waals surface area contributed by atoms with Gasteiger partial charge >= 0.3 is 0 Å². The summed E-state index contributed by atoms with van der Waals surface area (Å²) in [5.41, 5.74) is 12.0. The summed E-state index contributed by atoms with van der Waals surface area (Å²) in [6.45, 7) is 0.0256. The van der Waals surface area contributed by atoms with Crippen LogP contribution in [0, 0.1) is 0 Å². The third-order valence-corrected chi connectivity index (χ3v) is 7.79. The number of aromatic nitrogens is 1. The van der Waals surface area contributed by atoms with Crippen LogP contribution >= 0.6 is 11.5 Å². The van der Waals surface area contributed by atoms with Crippen molar-refractivity contribution in [1.29, 1.82) is 0 Å². The van der Waals surface area contributed by atoms with Crippen molar-refractivity contribution in [2.75, 3.05) is 31.6 Å². The molecule has 1 aromatic heterocycles. The van der Waals surface area contributed by atoms with Crippen LogP contribution in [0.2, 0.25) is 0 Å². The Hall–Kier alpha value is -4.52. The standard InChI is InChI=1S/C27H29N5O7S/c1-36-17-9-7-14(11-19(17)37-2)23(26(34)30-15-5-3-4-6-15)32(16-8-10-18-20(12-16)39-13-38-18)27(35)24-21(28)22(25(29)33)31-40-24/h7-12,15,23H,3-6,13,28H2,1-2H3,(H2,29,33)(H,30,34). The number of carbonyl (C=O) groups excluding carboxylic acids is 3. The molecule has 1 atom stereocenters. The first-order valence-electron chi connectivity index (χ1n) is 12.6. The normalized spacial score (nSPS) is 14.9. The summed E-state index contributed by atoms with van der Waals surface area (Å²) >= 11 is 0.733. The van der Waals surface area contributed by atoms with Crippen LogP contribution in [-0.4, -0.2) is 49.1 Å². The summed E-state index contributed by atoms with van der Waals surface area (Å²) in [6.07, 6.45) is 3.69. The molecule has 5 N–H and O–H groups in total. The molecule has 2 heterocycles.